The molecule has 0 radical (unpaired) electrons. The van der Waals surface area contributed by atoms with Gasteiger partial charge in [-0.1, -0.05) is 30.3 Å². The number of nitrogen functional groups attached to an aromatic ring is 1. The summed E-state index contributed by atoms with van der Waals surface area (Å²) in [7, 11) is 1.56. The molecule has 0 aliphatic carbocycles. The first-order chi connectivity index (χ1) is 12.1. The molecule has 0 saturated heterocycles. The first kappa shape index (κ1) is 16.4. The Morgan fingerprint density at radius 2 is 1.80 bits per heavy atom. The van der Waals surface area contributed by atoms with E-state index in [1.54, 1.807) is 37.4 Å². The summed E-state index contributed by atoms with van der Waals surface area (Å²) in [6.45, 7) is 1.51. The summed E-state index contributed by atoms with van der Waals surface area (Å²) in [6, 6.07) is 14.3. The van der Waals surface area contributed by atoms with Crippen LogP contribution in [-0.2, 0) is 0 Å². The first-order valence-corrected chi connectivity index (χ1v) is 7.63. The molecule has 0 fully saturated rings. The molecule has 0 aliphatic heterocycles. The number of aromatic nitrogens is 2. The Labute approximate surface area is 145 Å². The molecule has 3 aromatic rings. The van der Waals surface area contributed by atoms with Crippen molar-refractivity contribution in [1.82, 2.24) is 9.97 Å². The van der Waals surface area contributed by atoms with Gasteiger partial charge in [0.05, 0.1) is 7.11 Å². The normalized spacial score (nSPS) is 10.3. The van der Waals surface area contributed by atoms with Gasteiger partial charge in [0.15, 0.2) is 17.3 Å². The average Bonchev–Trinajstić information content (AvgIpc) is 2.64. The molecule has 6 heteroatoms. The van der Waals surface area contributed by atoms with E-state index < -0.39 is 0 Å². The van der Waals surface area contributed by atoms with Crippen molar-refractivity contribution in [2.24, 2.45) is 0 Å². The Morgan fingerprint density at radius 1 is 1.04 bits per heavy atom. The van der Waals surface area contributed by atoms with Gasteiger partial charge in [-0.15, -0.1) is 0 Å². The van der Waals surface area contributed by atoms with Crippen LogP contribution in [-0.4, -0.2) is 22.9 Å². The van der Waals surface area contributed by atoms with Crippen LogP contribution in [0.4, 0.5) is 5.69 Å². The maximum Gasteiger partial charge on any atom is 0.246 e. The lowest BCUT2D eigenvalue weighted by Gasteiger charge is -2.12. The molecule has 0 saturated carbocycles. The van der Waals surface area contributed by atoms with Crippen molar-refractivity contribution in [3.05, 3.63) is 60.4 Å². The molecule has 0 atom stereocenters. The van der Waals surface area contributed by atoms with E-state index in [1.807, 2.05) is 18.2 Å². The Bertz CT molecular complexity index is 925. The Kier molecular flexibility index (Phi) is 4.61. The van der Waals surface area contributed by atoms with E-state index in [0.29, 0.717) is 22.8 Å². The van der Waals surface area contributed by atoms with Crippen molar-refractivity contribution >= 4 is 11.5 Å². The predicted molar refractivity (Wildman–Crippen MR) is 95.0 cm³/mol. The summed E-state index contributed by atoms with van der Waals surface area (Å²) >= 11 is 0. The summed E-state index contributed by atoms with van der Waals surface area (Å²) in [5.74, 6) is 1.27. The fourth-order valence-electron chi connectivity index (χ4n) is 2.38. The number of nitrogens with zero attached hydrogens (tertiary/aromatic N) is 2. The van der Waals surface area contributed by atoms with Crippen molar-refractivity contribution in [1.29, 1.82) is 0 Å². The summed E-state index contributed by atoms with van der Waals surface area (Å²) in [5.41, 5.74) is 8.30. The van der Waals surface area contributed by atoms with Gasteiger partial charge in [-0.3, -0.25) is 4.79 Å². The number of Topliss-reactive ketones (excluding diaryl/α,β-unsaturated/α-hetero) is 1. The third-order valence-electron chi connectivity index (χ3n) is 3.67. The Morgan fingerprint density at radius 3 is 2.52 bits per heavy atom. The number of anilines is 1. The maximum atomic E-state index is 11.6. The lowest BCUT2D eigenvalue weighted by atomic mass is 10.0. The molecule has 6 nitrogen and oxygen atoms in total. The minimum Gasteiger partial charge on any atom is -0.493 e. The van der Waals surface area contributed by atoms with Crippen molar-refractivity contribution in [3.8, 4) is 28.6 Å². The number of hydrogen-bond donors (Lipinski definition) is 1. The average molecular weight is 335 g/mol. The number of benzene rings is 2. The zero-order valence-corrected chi connectivity index (χ0v) is 13.9. The van der Waals surface area contributed by atoms with E-state index in [9.17, 15) is 4.79 Å². The van der Waals surface area contributed by atoms with E-state index >= 15 is 0 Å². The van der Waals surface area contributed by atoms with Crippen LogP contribution < -0.4 is 15.2 Å². The third kappa shape index (κ3) is 3.42. The molecule has 0 unspecified atom stereocenters. The third-order valence-corrected chi connectivity index (χ3v) is 3.67. The van der Waals surface area contributed by atoms with Crippen LogP contribution in [0.2, 0.25) is 0 Å². The van der Waals surface area contributed by atoms with Gasteiger partial charge in [0.1, 0.15) is 17.7 Å². The fourth-order valence-corrected chi connectivity index (χ4v) is 2.38. The zero-order chi connectivity index (χ0) is 17.8. The predicted octanol–water partition coefficient (Wildman–Crippen LogP) is 3.73. The summed E-state index contributed by atoms with van der Waals surface area (Å²) in [5, 5.41) is 0. The molecule has 25 heavy (non-hydrogen) atoms. The van der Waals surface area contributed by atoms with E-state index in [-0.39, 0.29) is 17.4 Å². The number of hydrogen-bond acceptors (Lipinski definition) is 6. The second-order valence-corrected chi connectivity index (χ2v) is 5.33. The van der Waals surface area contributed by atoms with E-state index in [0.717, 1.165) is 5.56 Å². The maximum absolute atomic E-state index is 11.6. The van der Waals surface area contributed by atoms with Gasteiger partial charge in [-0.25, -0.2) is 4.98 Å². The summed E-state index contributed by atoms with van der Waals surface area (Å²) in [6.07, 6.45) is 1.37. The highest BCUT2D eigenvalue weighted by Crippen LogP contribution is 2.35. The summed E-state index contributed by atoms with van der Waals surface area (Å²) in [4.78, 5) is 19.9. The molecule has 0 aliphatic rings. The van der Waals surface area contributed by atoms with Gasteiger partial charge in [0.25, 0.3) is 0 Å². The van der Waals surface area contributed by atoms with E-state index in [2.05, 4.69) is 9.97 Å². The number of methoxy groups -OCH3 is 1. The molecule has 0 bridgehead atoms. The van der Waals surface area contributed by atoms with Crippen molar-refractivity contribution in [2.45, 2.75) is 6.92 Å². The van der Waals surface area contributed by atoms with E-state index in [1.165, 1.54) is 13.3 Å². The molecular formula is C19H17N3O3. The number of rotatable bonds is 5. The molecule has 1 heterocycles. The quantitative estimate of drug-likeness (QED) is 0.715. The molecule has 1 aromatic heterocycles. The molecule has 0 amide bonds. The van der Waals surface area contributed by atoms with Gasteiger partial charge >= 0.3 is 0 Å². The second kappa shape index (κ2) is 7.00. The Hall–Kier alpha value is -3.41. The van der Waals surface area contributed by atoms with Crippen molar-refractivity contribution in [3.63, 3.8) is 0 Å². The van der Waals surface area contributed by atoms with Crippen LogP contribution in [0.15, 0.2) is 54.9 Å². The minimum absolute atomic E-state index is 0.0278. The zero-order valence-electron chi connectivity index (χ0n) is 13.9. The molecule has 126 valence electrons. The number of ether oxygens (including phenoxy) is 2. The molecular weight excluding hydrogens is 318 g/mol. The van der Waals surface area contributed by atoms with Crippen LogP contribution in [0.25, 0.3) is 11.3 Å². The summed E-state index contributed by atoms with van der Waals surface area (Å²) < 4.78 is 11.1. The van der Waals surface area contributed by atoms with E-state index in [4.69, 9.17) is 15.2 Å². The van der Waals surface area contributed by atoms with Crippen LogP contribution in [0, 0.1) is 0 Å². The molecule has 0 spiro atoms. The number of carbonyl (C=O) groups is 1. The highest BCUT2D eigenvalue weighted by Gasteiger charge is 2.14. The topological polar surface area (TPSA) is 87.3 Å². The SMILES string of the molecule is COc1ccccc1Oc1ncnc(-c2cccc(C(C)=O)c2)c1N. The van der Waals surface area contributed by atoms with Crippen LogP contribution >= 0.6 is 0 Å². The van der Waals surface area contributed by atoms with Crippen molar-refractivity contribution in [2.75, 3.05) is 12.8 Å². The van der Waals surface area contributed by atoms with Crippen LogP contribution in [0.3, 0.4) is 0 Å². The largest absolute Gasteiger partial charge is 0.493 e. The van der Waals surface area contributed by atoms with Crippen LogP contribution in [0.1, 0.15) is 17.3 Å². The Balaban J connectivity index is 2.01. The van der Waals surface area contributed by atoms with Gasteiger partial charge in [0.2, 0.25) is 5.88 Å². The lowest BCUT2D eigenvalue weighted by Crippen LogP contribution is -2.01. The molecule has 3 rings (SSSR count). The number of ketones is 1. The highest BCUT2D eigenvalue weighted by molar-refractivity contribution is 5.95. The fraction of sp³-hybridized carbons (Fsp3) is 0.105. The number of carbonyl (C=O) groups excluding carboxylic acids is 1. The van der Waals surface area contributed by atoms with Gasteiger partial charge < -0.3 is 15.2 Å². The smallest absolute Gasteiger partial charge is 0.246 e. The second-order valence-electron chi connectivity index (χ2n) is 5.33. The lowest BCUT2D eigenvalue weighted by molar-refractivity contribution is 0.101. The standard InChI is InChI=1S/C19H17N3O3/c1-12(23)13-6-5-7-14(10-13)18-17(20)19(22-11-21-18)25-16-9-4-3-8-15(16)24-2/h3-11H,20H2,1-2H3. The highest BCUT2D eigenvalue weighted by atomic mass is 16.5. The number of para-hydroxylation sites is 2. The first-order valence-electron chi connectivity index (χ1n) is 7.63. The number of nitrogens with two attached hydrogens (primary N) is 1. The molecule has 2 N–H and O–H groups in total. The minimum atomic E-state index is -0.0278. The molecule has 2 aromatic carbocycles. The van der Waals surface area contributed by atoms with Gasteiger partial charge in [0, 0.05) is 11.1 Å². The monoisotopic (exact) mass is 335 g/mol. The van der Waals surface area contributed by atoms with Gasteiger partial charge in [-0.05, 0) is 25.1 Å². The van der Waals surface area contributed by atoms with Crippen LogP contribution in [0.5, 0.6) is 17.4 Å². The van der Waals surface area contributed by atoms with Gasteiger partial charge in [-0.2, -0.15) is 4.98 Å². The van der Waals surface area contributed by atoms with Crippen molar-refractivity contribution < 1.29 is 14.3 Å².